The number of hydrogen-bond acceptors (Lipinski definition) is 0. The lowest BCUT2D eigenvalue weighted by atomic mass is 9.01. The third kappa shape index (κ3) is 20.9. The van der Waals surface area contributed by atoms with E-state index in [0.717, 1.165) is 47.3 Å². The van der Waals surface area contributed by atoms with Gasteiger partial charge < -0.3 is 0 Å². The molecule has 122 heavy (non-hydrogen) atoms. The maximum absolute atomic E-state index is 2.24. The van der Waals surface area contributed by atoms with Gasteiger partial charge in [0, 0.05) is 5.92 Å². The first kappa shape index (κ1) is 84.7. The summed E-state index contributed by atoms with van der Waals surface area (Å²) >= 11 is 0. The molecule has 10 aromatic rings. The Bertz CT molecular complexity index is 4190. The largest absolute Gasteiger partial charge is 0.0623 e. The molecular weight excluding hydrogens is 1470 g/mol. The minimum absolute atomic E-state index is 0.309. The van der Waals surface area contributed by atoms with Crippen LogP contribution in [0.4, 0.5) is 0 Å². The van der Waals surface area contributed by atoms with Crippen LogP contribution in [0.2, 0.25) is 0 Å². The molecule has 644 valence electrons. The van der Waals surface area contributed by atoms with Crippen LogP contribution >= 0.6 is 0 Å². The van der Waals surface area contributed by atoms with E-state index in [2.05, 4.69) is 212 Å². The Kier molecular flexibility index (Phi) is 29.0. The average Bonchev–Trinajstić information content (AvgIpc) is 0.651. The van der Waals surface area contributed by atoms with E-state index in [1.54, 1.807) is 238 Å². The van der Waals surface area contributed by atoms with Gasteiger partial charge in [-0.2, -0.15) is 0 Å². The Hall–Kier alpha value is -6.76. The number of benzene rings is 10. The lowest BCUT2D eigenvalue weighted by Gasteiger charge is -3.03. The van der Waals surface area contributed by atoms with E-state index in [4.69, 9.17) is 0 Å². The molecule has 34 rings (SSSR count). The van der Waals surface area contributed by atoms with Crippen LogP contribution < -0.4 is 0 Å². The molecule has 4 unspecified atom stereocenters. The summed E-state index contributed by atoms with van der Waals surface area (Å²) in [7, 11) is 0. The standard InChI is InChI=1S/C19H16.2C14H10.C12H22.C10H16.C10H18.C8H8.2C8H14.C7H12.C6H10.C6H6/c1-4-10-16(11-5-1)19(17-12-6-2-7-13-17)18-14-8-3-9-15-18;1-3-7-13-11(5-1)9-10-12-6-2-4-8-14(12)13;1-2-6-12-10-14-8-4-3-7-13(14)9-11(12)5-1;1-2-6-11-8-4-5-9-12(10-11)7-3-1;1-7-2-9-4-8(1)5-10(3-7)6-9;1-3-9-5-2-6-10(4-1)8-7-9;1-2-5-3(1)7-4(1)6(2)8(5)7;1-2-8-5-3-7(1)4-6-8;1-2-7-4-5-8(3-1)6-7;1-2-7-4-3-6(1)5-7;1-2-6-3-5(1)4-6;1-2-4-6-5-3-1/h1-15,19H;2*1-10H;11-12H,1-10H2;7-10H,1-6H2;9-10H,1-8H2;1-8H;2*7-8H,1-6H2;6-7H,1-5H2;5-6H,1-4H2;1-6H. The molecule has 0 aliphatic heterocycles. The highest BCUT2D eigenvalue weighted by atomic mass is 15.0. The van der Waals surface area contributed by atoms with Gasteiger partial charge in [0.15, 0.2) is 0 Å². The number of hydrogen-bond donors (Lipinski definition) is 0. The highest BCUT2D eigenvalue weighted by molar-refractivity contribution is 6.07. The third-order valence-electron chi connectivity index (χ3n) is 36.7. The minimum Gasteiger partial charge on any atom is -0.0623 e. The van der Waals surface area contributed by atoms with Crippen molar-refractivity contribution in [2.24, 2.45) is 142 Å². The fraction of sp³-hybridized carbons (Fsp3) is 0.574. The van der Waals surface area contributed by atoms with Crippen LogP contribution in [0.1, 0.15) is 312 Å². The molecule has 4 atom stereocenters. The molecule has 0 radical (unpaired) electrons. The van der Waals surface area contributed by atoms with E-state index < -0.39 is 0 Å². The van der Waals surface area contributed by atoms with Crippen molar-refractivity contribution >= 4 is 43.1 Å². The van der Waals surface area contributed by atoms with E-state index in [0.29, 0.717) is 5.92 Å². The predicted octanol–water partition coefficient (Wildman–Crippen LogP) is 35.0. The third-order valence-corrected chi connectivity index (χ3v) is 36.7. The van der Waals surface area contributed by atoms with Crippen LogP contribution in [-0.2, 0) is 0 Å². The summed E-state index contributed by atoms with van der Waals surface area (Å²) in [6.07, 6.45) is 70.3. The highest BCUT2D eigenvalue weighted by Gasteiger charge is 2.97. The smallest absolute Gasteiger partial charge is 0.0339 e. The Morgan fingerprint density at radius 2 is 0.328 bits per heavy atom. The zero-order valence-corrected chi connectivity index (χ0v) is 75.4. The second kappa shape index (κ2) is 41.8. The zero-order chi connectivity index (χ0) is 81.6. The normalized spacial score (nSPS) is 34.6. The maximum atomic E-state index is 2.24. The number of fused-ring (bicyclic) bond motifs is 18. The summed E-state index contributed by atoms with van der Waals surface area (Å²) < 4.78 is 0. The zero-order valence-electron chi connectivity index (χ0n) is 75.4. The minimum atomic E-state index is 0.309. The molecule has 0 heteroatoms. The molecule has 10 aromatic carbocycles. The molecular formula is C122H156. The van der Waals surface area contributed by atoms with Crippen LogP contribution in [0.15, 0.2) is 249 Å². The second-order valence-electron chi connectivity index (χ2n) is 44.3. The molecule has 0 N–H and O–H groups in total. The van der Waals surface area contributed by atoms with E-state index in [1.165, 1.54) is 206 Å². The van der Waals surface area contributed by atoms with Gasteiger partial charge in [0.25, 0.3) is 0 Å². The topological polar surface area (TPSA) is 0 Å². The molecule has 0 saturated heterocycles. The van der Waals surface area contributed by atoms with Crippen LogP contribution in [0, 0.1) is 142 Å². The second-order valence-corrected chi connectivity index (χ2v) is 44.3. The summed E-state index contributed by atoms with van der Waals surface area (Å²) in [5, 5.41) is 10.5. The lowest BCUT2D eigenvalue weighted by molar-refractivity contribution is -0.565. The van der Waals surface area contributed by atoms with E-state index >= 15 is 0 Å². The van der Waals surface area contributed by atoms with Crippen molar-refractivity contribution in [1.82, 2.24) is 0 Å². The van der Waals surface area contributed by atoms with Gasteiger partial charge in [-0.15, -0.1) is 0 Å². The number of rotatable bonds is 3. The summed E-state index contributed by atoms with van der Waals surface area (Å²) in [6, 6.07) is 86.8. The summed E-state index contributed by atoms with van der Waals surface area (Å²) in [5.74, 6) is 29.5. The van der Waals surface area contributed by atoms with Gasteiger partial charge in [0.05, 0.1) is 0 Å². The van der Waals surface area contributed by atoms with E-state index in [1.807, 2.05) is 36.4 Å². The van der Waals surface area contributed by atoms with Gasteiger partial charge in [-0.25, -0.2) is 0 Å². The van der Waals surface area contributed by atoms with Crippen LogP contribution in [-0.4, -0.2) is 0 Å². The molecule has 24 aliphatic carbocycles. The van der Waals surface area contributed by atoms with Crippen molar-refractivity contribution in [3.63, 3.8) is 0 Å². The SMILES string of the molecule is C12C3C4C1C1C2C3C41.C1C2CC3CC1CC(C2)C3.C1CC2CC1C2.C1CC2CCC(C1)C2.C1CC2CCC1C2.C1CC2CCC1CC2.C1CC2CCCC(C1)CC2.C1CCC2CCCCC(CC1)C2.c1ccc(C(c2ccccc2)c2ccccc2)cc1.c1ccc2c(c1)ccc1ccccc12.c1ccc2cc3ccccc3cc2c1.c1ccccc1. The van der Waals surface area contributed by atoms with Crippen LogP contribution in [0.3, 0.4) is 0 Å². The van der Waals surface area contributed by atoms with Gasteiger partial charge in [-0.1, -0.05) is 455 Å². The Balaban J connectivity index is 0.0000000888. The molecule has 24 fully saturated rings. The maximum Gasteiger partial charge on any atom is 0.0339 e. The van der Waals surface area contributed by atoms with E-state index in [9.17, 15) is 0 Å². The predicted molar refractivity (Wildman–Crippen MR) is 521 cm³/mol. The Morgan fingerprint density at radius 1 is 0.139 bits per heavy atom. The molecule has 16 bridgehead atoms. The monoisotopic (exact) mass is 1620 g/mol. The molecule has 0 nitrogen and oxygen atoms in total. The fourth-order valence-electron chi connectivity index (χ4n) is 30.5. The lowest BCUT2D eigenvalue weighted by Crippen LogP contribution is -3.00. The van der Waals surface area contributed by atoms with E-state index in [-0.39, 0.29) is 0 Å². The molecule has 0 spiro atoms. The van der Waals surface area contributed by atoms with Crippen molar-refractivity contribution in [1.29, 1.82) is 0 Å². The van der Waals surface area contributed by atoms with Crippen molar-refractivity contribution in [2.45, 2.75) is 295 Å². The average molecular weight is 1620 g/mol. The first-order valence-electron chi connectivity index (χ1n) is 52.3. The first-order chi connectivity index (χ1) is 60.4. The van der Waals surface area contributed by atoms with Gasteiger partial charge >= 0.3 is 0 Å². The van der Waals surface area contributed by atoms with Gasteiger partial charge in [-0.3, -0.25) is 0 Å². The molecule has 24 aliphatic rings. The molecule has 0 heterocycles. The highest BCUT2D eigenvalue weighted by Crippen LogP contribution is 3.01. The Morgan fingerprint density at radius 3 is 0.607 bits per heavy atom. The molecule has 0 aromatic heterocycles. The fourth-order valence-corrected chi connectivity index (χ4v) is 30.5. The van der Waals surface area contributed by atoms with Crippen LogP contribution in [0.5, 0.6) is 0 Å². The van der Waals surface area contributed by atoms with Crippen molar-refractivity contribution in [3.05, 3.63) is 265 Å². The van der Waals surface area contributed by atoms with Gasteiger partial charge in [-0.05, 0) is 285 Å². The summed E-state index contributed by atoms with van der Waals surface area (Å²) in [5.41, 5.74) is 4.00. The molecule has 24 saturated carbocycles. The first-order valence-corrected chi connectivity index (χ1v) is 52.3. The van der Waals surface area contributed by atoms with Crippen LogP contribution in [0.25, 0.3) is 43.1 Å². The summed E-state index contributed by atoms with van der Waals surface area (Å²) in [6.45, 7) is 0. The van der Waals surface area contributed by atoms with Crippen molar-refractivity contribution < 1.29 is 0 Å². The summed E-state index contributed by atoms with van der Waals surface area (Å²) in [4.78, 5) is 0. The molecule has 0 amide bonds. The Labute approximate surface area is 740 Å². The van der Waals surface area contributed by atoms with Crippen molar-refractivity contribution in [3.8, 4) is 0 Å². The quantitative estimate of drug-likeness (QED) is 0.0940. The van der Waals surface area contributed by atoms with Gasteiger partial charge in [0.1, 0.15) is 0 Å². The van der Waals surface area contributed by atoms with Crippen molar-refractivity contribution in [2.75, 3.05) is 0 Å². The van der Waals surface area contributed by atoms with Gasteiger partial charge in [0.2, 0.25) is 0 Å².